The third kappa shape index (κ3) is 57.6. The minimum atomic E-state index is -0.815. The molecule has 0 aliphatic rings. The van der Waals surface area contributed by atoms with Crippen molar-refractivity contribution in [1.82, 2.24) is 0 Å². The lowest BCUT2D eigenvalue weighted by molar-refractivity contribution is -0.167. The lowest BCUT2D eigenvalue weighted by Gasteiger charge is -2.18. The molecule has 0 spiro atoms. The molecule has 0 aliphatic heterocycles. The van der Waals surface area contributed by atoms with E-state index in [4.69, 9.17) is 14.2 Å². The highest BCUT2D eigenvalue weighted by Gasteiger charge is 2.19. The molecule has 0 fully saturated rings. The summed E-state index contributed by atoms with van der Waals surface area (Å²) in [7, 11) is 0. The maximum Gasteiger partial charge on any atom is 0.306 e. The van der Waals surface area contributed by atoms with Crippen LogP contribution in [-0.2, 0) is 28.6 Å². The zero-order valence-corrected chi connectivity index (χ0v) is 47.0. The van der Waals surface area contributed by atoms with Gasteiger partial charge in [0.15, 0.2) is 6.10 Å². The SMILES string of the molecule is CCCCCCCC/C=C\C/C=C\C/C=C\CCCC(=O)OCC(COC(=O)CCC/C=C\C/C=C\C/C=C\CCCCCCCC)OC(=O)CCCCCCCCCCCCCCCCCCCCC. The fourth-order valence-corrected chi connectivity index (χ4v) is 8.59. The Morgan fingerprint density at radius 3 is 0.831 bits per heavy atom. The number of carbonyl (C=O) groups is 3. The number of esters is 3. The number of hydrogen-bond donors (Lipinski definition) is 0. The summed E-state index contributed by atoms with van der Waals surface area (Å²) in [5.41, 5.74) is 0. The van der Waals surface area contributed by atoms with Crippen LogP contribution in [0.2, 0.25) is 0 Å². The summed E-state index contributed by atoms with van der Waals surface area (Å²) in [4.78, 5) is 38.2. The summed E-state index contributed by atoms with van der Waals surface area (Å²) in [6.07, 6.45) is 76.3. The van der Waals surface area contributed by atoms with Gasteiger partial charge in [-0.3, -0.25) is 14.4 Å². The van der Waals surface area contributed by atoms with Crippen molar-refractivity contribution in [3.05, 3.63) is 72.9 Å². The van der Waals surface area contributed by atoms with Gasteiger partial charge in [-0.2, -0.15) is 0 Å². The maximum atomic E-state index is 12.9. The van der Waals surface area contributed by atoms with Crippen LogP contribution in [0.25, 0.3) is 0 Å². The fraction of sp³-hybridized carbons (Fsp3) is 0.769. The molecule has 0 aliphatic carbocycles. The smallest absolute Gasteiger partial charge is 0.306 e. The zero-order valence-electron chi connectivity index (χ0n) is 47.0. The molecule has 0 unspecified atom stereocenters. The molecule has 0 bridgehead atoms. The van der Waals surface area contributed by atoms with Crippen molar-refractivity contribution in [2.75, 3.05) is 13.2 Å². The second-order valence-corrected chi connectivity index (χ2v) is 20.3. The van der Waals surface area contributed by atoms with E-state index in [1.807, 2.05) is 0 Å². The first-order valence-electron chi connectivity index (χ1n) is 30.4. The van der Waals surface area contributed by atoms with Gasteiger partial charge < -0.3 is 14.2 Å². The molecular formula is C65H114O6. The van der Waals surface area contributed by atoms with Crippen LogP contribution in [-0.4, -0.2) is 37.2 Å². The average Bonchev–Trinajstić information content (AvgIpc) is 3.37. The van der Waals surface area contributed by atoms with Crippen molar-refractivity contribution in [2.24, 2.45) is 0 Å². The van der Waals surface area contributed by atoms with Gasteiger partial charge in [-0.1, -0.05) is 273 Å². The first-order chi connectivity index (χ1) is 35.0. The molecule has 0 saturated carbocycles. The Labute approximate surface area is 440 Å². The minimum Gasteiger partial charge on any atom is -0.462 e. The van der Waals surface area contributed by atoms with Gasteiger partial charge in [-0.05, 0) is 83.5 Å². The molecule has 0 aromatic rings. The Morgan fingerprint density at radius 2 is 0.521 bits per heavy atom. The largest absolute Gasteiger partial charge is 0.462 e. The molecule has 0 saturated heterocycles. The molecular weight excluding hydrogens is 877 g/mol. The molecule has 0 N–H and O–H groups in total. The molecule has 0 aromatic carbocycles. The Kier molecular flexibility index (Phi) is 56.8. The van der Waals surface area contributed by atoms with Crippen molar-refractivity contribution < 1.29 is 28.6 Å². The highest BCUT2D eigenvalue weighted by Crippen LogP contribution is 2.16. The van der Waals surface area contributed by atoms with E-state index in [2.05, 4.69) is 93.7 Å². The monoisotopic (exact) mass is 991 g/mol. The number of unbranched alkanes of at least 4 members (excludes halogenated alkanes) is 32. The van der Waals surface area contributed by atoms with Gasteiger partial charge in [0.2, 0.25) is 0 Å². The number of rotatable bonds is 55. The summed E-state index contributed by atoms with van der Waals surface area (Å²) in [6, 6.07) is 0. The molecule has 0 heterocycles. The fourth-order valence-electron chi connectivity index (χ4n) is 8.59. The summed E-state index contributed by atoms with van der Waals surface area (Å²) < 4.78 is 16.8. The highest BCUT2D eigenvalue weighted by atomic mass is 16.6. The summed E-state index contributed by atoms with van der Waals surface area (Å²) in [5.74, 6) is -1.00. The van der Waals surface area contributed by atoms with Gasteiger partial charge in [0.05, 0.1) is 0 Å². The van der Waals surface area contributed by atoms with Crippen LogP contribution < -0.4 is 0 Å². The Morgan fingerprint density at radius 1 is 0.282 bits per heavy atom. The van der Waals surface area contributed by atoms with Gasteiger partial charge in [-0.25, -0.2) is 0 Å². The number of hydrogen-bond acceptors (Lipinski definition) is 6. The van der Waals surface area contributed by atoms with Crippen LogP contribution >= 0.6 is 0 Å². The molecule has 71 heavy (non-hydrogen) atoms. The van der Waals surface area contributed by atoms with E-state index in [1.165, 1.54) is 193 Å². The first kappa shape index (κ1) is 67.8. The quantitative estimate of drug-likeness (QED) is 0.0261. The third-order valence-corrected chi connectivity index (χ3v) is 13.2. The second kappa shape index (κ2) is 59.4. The van der Waals surface area contributed by atoms with Crippen LogP contribution in [0.15, 0.2) is 72.9 Å². The minimum absolute atomic E-state index is 0.115. The topological polar surface area (TPSA) is 78.9 Å². The van der Waals surface area contributed by atoms with Gasteiger partial charge in [0.1, 0.15) is 13.2 Å². The van der Waals surface area contributed by atoms with Crippen LogP contribution in [0.4, 0.5) is 0 Å². The maximum absolute atomic E-state index is 12.9. The van der Waals surface area contributed by atoms with Gasteiger partial charge in [-0.15, -0.1) is 0 Å². The van der Waals surface area contributed by atoms with E-state index in [0.717, 1.165) is 57.8 Å². The van der Waals surface area contributed by atoms with Gasteiger partial charge >= 0.3 is 17.9 Å². The highest BCUT2D eigenvalue weighted by molar-refractivity contribution is 5.71. The molecule has 0 rings (SSSR count). The van der Waals surface area contributed by atoms with E-state index < -0.39 is 6.10 Å². The normalized spacial score (nSPS) is 12.2. The Hall–Kier alpha value is -3.15. The molecule has 0 radical (unpaired) electrons. The van der Waals surface area contributed by atoms with Crippen molar-refractivity contribution in [3.8, 4) is 0 Å². The second-order valence-electron chi connectivity index (χ2n) is 20.3. The van der Waals surface area contributed by atoms with Crippen molar-refractivity contribution in [1.29, 1.82) is 0 Å². The number of carbonyl (C=O) groups excluding carboxylic acids is 3. The Balaban J connectivity index is 4.49. The predicted molar refractivity (Wildman–Crippen MR) is 307 cm³/mol. The predicted octanol–water partition coefficient (Wildman–Crippen LogP) is 20.5. The average molecular weight is 992 g/mol. The third-order valence-electron chi connectivity index (χ3n) is 13.2. The molecule has 6 heteroatoms. The lowest BCUT2D eigenvalue weighted by atomic mass is 10.0. The molecule has 0 amide bonds. The Bertz CT molecular complexity index is 1250. The first-order valence-corrected chi connectivity index (χ1v) is 30.4. The van der Waals surface area contributed by atoms with Gasteiger partial charge in [0.25, 0.3) is 0 Å². The van der Waals surface area contributed by atoms with Crippen LogP contribution in [0.3, 0.4) is 0 Å². The molecule has 0 aromatic heterocycles. The van der Waals surface area contributed by atoms with E-state index in [-0.39, 0.29) is 44.0 Å². The van der Waals surface area contributed by atoms with E-state index in [1.54, 1.807) is 0 Å². The zero-order chi connectivity index (χ0) is 51.4. The summed E-state index contributed by atoms with van der Waals surface area (Å²) in [6.45, 7) is 6.57. The van der Waals surface area contributed by atoms with Crippen LogP contribution in [0.5, 0.6) is 0 Å². The van der Waals surface area contributed by atoms with Gasteiger partial charge in [0, 0.05) is 19.3 Å². The van der Waals surface area contributed by atoms with E-state index in [0.29, 0.717) is 19.3 Å². The van der Waals surface area contributed by atoms with E-state index >= 15 is 0 Å². The molecule has 6 nitrogen and oxygen atoms in total. The van der Waals surface area contributed by atoms with Crippen molar-refractivity contribution in [3.63, 3.8) is 0 Å². The van der Waals surface area contributed by atoms with Crippen LogP contribution in [0, 0.1) is 0 Å². The summed E-state index contributed by atoms with van der Waals surface area (Å²) in [5, 5.41) is 0. The molecule has 410 valence electrons. The molecule has 0 atom stereocenters. The standard InChI is InChI=1S/C65H114O6/c1-4-7-10-13-16-19-22-25-28-31-32-35-38-41-44-47-50-53-56-59-65(68)71-62(60-69-63(66)57-54-51-48-45-42-39-36-33-29-26-23-20-17-14-11-8-5-2)61-70-64(67)58-55-52-49-46-43-40-37-34-30-27-24-21-18-15-12-9-6-3/h26-27,29-30,36-37,39-40,45-46,48-49,62H,4-25,28,31-35,38,41-44,47,50-61H2,1-3H3/b29-26-,30-27-,39-36-,40-37-,48-45-,49-46-. The van der Waals surface area contributed by atoms with Crippen molar-refractivity contribution in [2.45, 2.75) is 309 Å². The van der Waals surface area contributed by atoms with Crippen LogP contribution in [0.1, 0.15) is 303 Å². The van der Waals surface area contributed by atoms with Crippen molar-refractivity contribution >= 4 is 17.9 Å². The number of ether oxygens (including phenoxy) is 3. The number of allylic oxidation sites excluding steroid dienone is 12. The van der Waals surface area contributed by atoms with E-state index in [9.17, 15) is 14.4 Å². The lowest BCUT2D eigenvalue weighted by Crippen LogP contribution is -2.30. The summed E-state index contributed by atoms with van der Waals surface area (Å²) >= 11 is 0.